The van der Waals surface area contributed by atoms with Crippen molar-refractivity contribution in [2.45, 2.75) is 44.6 Å². The van der Waals surface area contributed by atoms with E-state index in [2.05, 4.69) is 10.6 Å². The fraction of sp³-hybridized carbons (Fsp3) is 0.409. The molecule has 0 atom stereocenters. The van der Waals surface area contributed by atoms with E-state index in [4.69, 9.17) is 0 Å². The Morgan fingerprint density at radius 2 is 1.59 bits per heavy atom. The Kier molecular flexibility index (Phi) is 6.92. The Morgan fingerprint density at radius 3 is 2.21 bits per heavy atom. The average Bonchev–Trinajstić information content (AvgIpc) is 2.73. The lowest BCUT2D eigenvalue weighted by molar-refractivity contribution is -0.119. The van der Waals surface area contributed by atoms with E-state index >= 15 is 0 Å². The molecule has 2 aromatic carbocycles. The Balaban J connectivity index is 1.53. The van der Waals surface area contributed by atoms with Gasteiger partial charge in [-0.15, -0.1) is 0 Å². The van der Waals surface area contributed by atoms with Gasteiger partial charge >= 0.3 is 0 Å². The second-order valence-corrected chi connectivity index (χ2v) is 9.44. The maximum absolute atomic E-state index is 12.7. The van der Waals surface area contributed by atoms with Crippen LogP contribution >= 0.6 is 0 Å². The van der Waals surface area contributed by atoms with E-state index in [1.165, 1.54) is 0 Å². The van der Waals surface area contributed by atoms with Crippen molar-refractivity contribution in [2.24, 2.45) is 0 Å². The number of nitrogens with one attached hydrogen (secondary N) is 2. The lowest BCUT2D eigenvalue weighted by Gasteiger charge is -2.25. The summed E-state index contributed by atoms with van der Waals surface area (Å²) in [5.74, 6) is -0.113. The minimum atomic E-state index is -3.42. The average molecular weight is 416 g/mol. The van der Waals surface area contributed by atoms with Gasteiger partial charge in [0.05, 0.1) is 11.4 Å². The molecule has 1 heterocycles. The number of carbonyl (C=O) groups is 1. The molecule has 2 N–H and O–H groups in total. The van der Waals surface area contributed by atoms with Gasteiger partial charge in [0.25, 0.3) is 0 Å². The molecule has 29 heavy (non-hydrogen) atoms. The molecule has 0 unspecified atom stereocenters. The van der Waals surface area contributed by atoms with Gasteiger partial charge in [-0.2, -0.15) is 4.31 Å². The molecule has 2 aromatic rings. The van der Waals surface area contributed by atoms with E-state index in [9.17, 15) is 13.2 Å². The van der Waals surface area contributed by atoms with Gasteiger partial charge in [0.1, 0.15) is 0 Å². The van der Waals surface area contributed by atoms with Gasteiger partial charge in [0.2, 0.25) is 15.9 Å². The van der Waals surface area contributed by atoms with E-state index < -0.39 is 10.0 Å². The molecule has 6 nitrogen and oxygen atoms in total. The number of amides is 1. The van der Waals surface area contributed by atoms with Crippen LogP contribution in [-0.2, 0) is 21.4 Å². The zero-order chi connectivity index (χ0) is 20.9. The summed E-state index contributed by atoms with van der Waals surface area (Å²) in [6.07, 6.45) is 2.92. The summed E-state index contributed by atoms with van der Waals surface area (Å²) in [6.45, 7) is 5.74. The monoisotopic (exact) mass is 415 g/mol. The van der Waals surface area contributed by atoms with Crippen molar-refractivity contribution in [3.8, 4) is 0 Å². The molecular weight excluding hydrogens is 386 g/mol. The number of anilines is 1. The minimum absolute atomic E-state index is 0.113. The van der Waals surface area contributed by atoms with Crippen molar-refractivity contribution in [3.63, 3.8) is 0 Å². The van der Waals surface area contributed by atoms with Crippen LogP contribution in [0.15, 0.2) is 47.4 Å². The first-order chi connectivity index (χ1) is 13.9. The van der Waals surface area contributed by atoms with E-state index in [0.717, 1.165) is 41.6 Å². The fourth-order valence-electron chi connectivity index (χ4n) is 3.56. The number of aryl methyl sites for hydroxylation is 2. The van der Waals surface area contributed by atoms with Crippen LogP contribution in [0.2, 0.25) is 0 Å². The largest absolute Gasteiger partial charge is 0.376 e. The second kappa shape index (κ2) is 9.41. The zero-order valence-electron chi connectivity index (χ0n) is 17.1. The third kappa shape index (κ3) is 5.36. The van der Waals surface area contributed by atoms with Crippen LogP contribution in [0.4, 0.5) is 5.69 Å². The summed E-state index contributed by atoms with van der Waals surface area (Å²) in [6, 6.07) is 12.8. The van der Waals surface area contributed by atoms with Gasteiger partial charge in [-0.1, -0.05) is 36.8 Å². The highest BCUT2D eigenvalue weighted by atomic mass is 32.2. The molecule has 0 radical (unpaired) electrons. The summed E-state index contributed by atoms with van der Waals surface area (Å²) in [5.41, 5.74) is 4.05. The lowest BCUT2D eigenvalue weighted by atomic mass is 10.1. The highest BCUT2D eigenvalue weighted by Crippen LogP contribution is 2.21. The van der Waals surface area contributed by atoms with Crippen LogP contribution in [-0.4, -0.2) is 38.3 Å². The van der Waals surface area contributed by atoms with Crippen LogP contribution in [0.5, 0.6) is 0 Å². The van der Waals surface area contributed by atoms with Crippen molar-refractivity contribution < 1.29 is 13.2 Å². The summed E-state index contributed by atoms with van der Waals surface area (Å²) < 4.78 is 26.9. The molecule has 1 aliphatic heterocycles. The molecule has 156 valence electrons. The lowest BCUT2D eigenvalue weighted by Crippen LogP contribution is -2.35. The van der Waals surface area contributed by atoms with E-state index in [1.807, 2.05) is 32.0 Å². The molecule has 1 saturated heterocycles. The maximum Gasteiger partial charge on any atom is 0.243 e. The number of carbonyl (C=O) groups excluding carboxylic acids is 1. The smallest absolute Gasteiger partial charge is 0.243 e. The van der Waals surface area contributed by atoms with Crippen molar-refractivity contribution in [1.29, 1.82) is 0 Å². The SMILES string of the molecule is Cc1cccc(C)c1NCC(=O)NCc1ccc(S(=O)(=O)N2CCCCC2)cc1. The number of piperidine rings is 1. The summed E-state index contributed by atoms with van der Waals surface area (Å²) in [5, 5.41) is 6.05. The number of benzene rings is 2. The highest BCUT2D eigenvalue weighted by molar-refractivity contribution is 7.89. The summed E-state index contributed by atoms with van der Waals surface area (Å²) in [4.78, 5) is 12.5. The Bertz CT molecular complexity index is 930. The molecule has 3 rings (SSSR count). The highest BCUT2D eigenvalue weighted by Gasteiger charge is 2.25. The molecule has 1 fully saturated rings. The molecule has 0 aliphatic carbocycles. The third-order valence-corrected chi connectivity index (χ3v) is 7.19. The number of nitrogens with zero attached hydrogens (tertiary/aromatic N) is 1. The topological polar surface area (TPSA) is 78.5 Å². The maximum atomic E-state index is 12.7. The van der Waals surface area contributed by atoms with E-state index in [0.29, 0.717) is 24.5 Å². The van der Waals surface area contributed by atoms with Gasteiger partial charge in [-0.25, -0.2) is 8.42 Å². The first-order valence-corrected chi connectivity index (χ1v) is 11.5. The van der Waals surface area contributed by atoms with E-state index in [-0.39, 0.29) is 12.5 Å². The molecule has 7 heteroatoms. The van der Waals surface area contributed by atoms with Crippen LogP contribution < -0.4 is 10.6 Å². The van der Waals surface area contributed by atoms with Crippen LogP contribution in [0, 0.1) is 13.8 Å². The van der Waals surface area contributed by atoms with Crippen LogP contribution in [0.1, 0.15) is 36.0 Å². The van der Waals surface area contributed by atoms with Crippen molar-refractivity contribution >= 4 is 21.6 Å². The first kappa shape index (κ1) is 21.3. The van der Waals surface area contributed by atoms with Crippen molar-refractivity contribution in [1.82, 2.24) is 9.62 Å². The van der Waals surface area contributed by atoms with Crippen molar-refractivity contribution in [3.05, 3.63) is 59.2 Å². The molecule has 0 aromatic heterocycles. The van der Waals surface area contributed by atoms with Gasteiger partial charge in [0.15, 0.2) is 0 Å². The Labute approximate surface area is 173 Å². The number of para-hydroxylation sites is 1. The number of hydrogen-bond donors (Lipinski definition) is 2. The molecule has 1 aliphatic rings. The standard InChI is InChI=1S/C22H29N3O3S/c1-17-7-6-8-18(2)22(17)24-16-21(26)23-15-19-9-11-20(12-10-19)29(27,28)25-13-4-3-5-14-25/h6-12,24H,3-5,13-16H2,1-2H3,(H,23,26). The molecule has 0 bridgehead atoms. The third-order valence-electron chi connectivity index (χ3n) is 5.27. The van der Waals surface area contributed by atoms with Gasteiger partial charge < -0.3 is 10.6 Å². The first-order valence-electron chi connectivity index (χ1n) is 10.0. The second-order valence-electron chi connectivity index (χ2n) is 7.51. The van der Waals surface area contributed by atoms with Crippen LogP contribution in [0.25, 0.3) is 0 Å². The van der Waals surface area contributed by atoms with Gasteiger partial charge in [0, 0.05) is 25.3 Å². The van der Waals surface area contributed by atoms with Gasteiger partial charge in [-0.3, -0.25) is 4.79 Å². The normalized spacial score (nSPS) is 15.1. The zero-order valence-corrected chi connectivity index (χ0v) is 17.9. The van der Waals surface area contributed by atoms with Gasteiger partial charge in [-0.05, 0) is 55.5 Å². The number of sulfonamides is 1. The summed E-state index contributed by atoms with van der Waals surface area (Å²) >= 11 is 0. The quantitative estimate of drug-likeness (QED) is 0.728. The summed E-state index contributed by atoms with van der Waals surface area (Å²) in [7, 11) is -3.42. The Hall–Kier alpha value is -2.38. The van der Waals surface area contributed by atoms with Crippen molar-refractivity contribution in [2.75, 3.05) is 25.0 Å². The number of rotatable bonds is 7. The minimum Gasteiger partial charge on any atom is -0.376 e. The Morgan fingerprint density at radius 1 is 0.966 bits per heavy atom. The number of hydrogen-bond acceptors (Lipinski definition) is 4. The fourth-order valence-corrected chi connectivity index (χ4v) is 5.08. The van der Waals surface area contributed by atoms with Crippen LogP contribution in [0.3, 0.4) is 0 Å². The molecular formula is C22H29N3O3S. The molecule has 0 saturated carbocycles. The molecule has 1 amide bonds. The predicted molar refractivity (Wildman–Crippen MR) is 115 cm³/mol. The van der Waals surface area contributed by atoms with E-state index in [1.54, 1.807) is 28.6 Å². The molecule has 0 spiro atoms. The predicted octanol–water partition coefficient (Wildman–Crippen LogP) is 3.21.